The van der Waals surface area contributed by atoms with E-state index in [4.69, 9.17) is 0 Å². The van der Waals surface area contributed by atoms with Gasteiger partial charge in [0.25, 0.3) is 5.69 Å². The van der Waals surface area contributed by atoms with Crippen LogP contribution in [0.4, 0.5) is 15.8 Å². The van der Waals surface area contributed by atoms with Gasteiger partial charge in [0.2, 0.25) is 0 Å². The summed E-state index contributed by atoms with van der Waals surface area (Å²) in [5, 5.41) is 13.8. The Labute approximate surface area is 131 Å². The van der Waals surface area contributed by atoms with E-state index in [0.29, 0.717) is 15.7 Å². The number of nitrogens with zero attached hydrogens (tertiary/aromatic N) is 1. The molecule has 104 valence electrons. The first-order valence-corrected chi connectivity index (χ1v) is 7.17. The van der Waals surface area contributed by atoms with Crippen LogP contribution in [0.15, 0.2) is 45.3 Å². The van der Waals surface area contributed by atoms with Crippen molar-refractivity contribution in [2.45, 2.75) is 6.54 Å². The van der Waals surface area contributed by atoms with Crippen molar-refractivity contribution in [1.82, 2.24) is 0 Å². The zero-order valence-corrected chi connectivity index (χ0v) is 13.2. The Morgan fingerprint density at radius 3 is 2.65 bits per heavy atom. The van der Waals surface area contributed by atoms with Gasteiger partial charge < -0.3 is 5.32 Å². The van der Waals surface area contributed by atoms with Crippen LogP contribution in [0.1, 0.15) is 5.56 Å². The molecular formula is C13H9Br2FN2O2. The van der Waals surface area contributed by atoms with Crippen LogP contribution in [0.3, 0.4) is 0 Å². The number of hydrogen-bond acceptors (Lipinski definition) is 3. The van der Waals surface area contributed by atoms with E-state index >= 15 is 0 Å². The lowest BCUT2D eigenvalue weighted by Crippen LogP contribution is -2.02. The Bertz CT molecular complexity index is 665. The number of benzene rings is 2. The fourth-order valence-electron chi connectivity index (χ4n) is 1.64. The molecule has 1 N–H and O–H groups in total. The Hall–Kier alpha value is -1.47. The molecule has 0 aliphatic heterocycles. The molecule has 0 aliphatic rings. The summed E-state index contributed by atoms with van der Waals surface area (Å²) in [6, 6.07) is 9.31. The summed E-state index contributed by atoms with van der Waals surface area (Å²) in [5.41, 5.74) is 0.994. The average molecular weight is 404 g/mol. The zero-order valence-electron chi connectivity index (χ0n) is 10.1. The molecule has 0 aliphatic carbocycles. The van der Waals surface area contributed by atoms with Crippen molar-refractivity contribution in [2.75, 3.05) is 5.32 Å². The summed E-state index contributed by atoms with van der Waals surface area (Å²) in [5.74, 6) is -0.327. The van der Waals surface area contributed by atoms with Crippen molar-refractivity contribution >= 4 is 43.2 Å². The van der Waals surface area contributed by atoms with Gasteiger partial charge in [-0.2, -0.15) is 0 Å². The van der Waals surface area contributed by atoms with Gasteiger partial charge in [0.1, 0.15) is 5.82 Å². The summed E-state index contributed by atoms with van der Waals surface area (Å²) >= 11 is 6.39. The molecule has 0 saturated carbocycles. The molecule has 4 nitrogen and oxygen atoms in total. The Kier molecular flexibility index (Phi) is 4.72. The van der Waals surface area contributed by atoms with Crippen LogP contribution in [-0.4, -0.2) is 4.92 Å². The summed E-state index contributed by atoms with van der Waals surface area (Å²) in [6.07, 6.45) is 0. The minimum absolute atomic E-state index is 0.0373. The van der Waals surface area contributed by atoms with Gasteiger partial charge in [-0.1, -0.05) is 15.9 Å². The van der Waals surface area contributed by atoms with Crippen LogP contribution in [0.5, 0.6) is 0 Å². The lowest BCUT2D eigenvalue weighted by molar-refractivity contribution is -0.385. The molecule has 0 heterocycles. The smallest absolute Gasteiger partial charge is 0.285 e. The maximum Gasteiger partial charge on any atom is 0.285 e. The van der Waals surface area contributed by atoms with Crippen molar-refractivity contribution in [3.05, 3.63) is 66.8 Å². The topological polar surface area (TPSA) is 55.2 Å². The number of hydrogen-bond donors (Lipinski definition) is 1. The molecule has 20 heavy (non-hydrogen) atoms. The third-order valence-corrected chi connectivity index (χ3v) is 3.80. The first-order chi connectivity index (χ1) is 9.47. The molecule has 0 bridgehead atoms. The van der Waals surface area contributed by atoms with Crippen LogP contribution in [0.25, 0.3) is 0 Å². The number of rotatable bonds is 4. The van der Waals surface area contributed by atoms with E-state index in [1.165, 1.54) is 12.1 Å². The third-order valence-electron chi connectivity index (χ3n) is 2.63. The third kappa shape index (κ3) is 3.55. The second-order valence-corrected chi connectivity index (χ2v) is 5.78. The quantitative estimate of drug-likeness (QED) is 0.585. The molecule has 2 aromatic rings. The highest BCUT2D eigenvalue weighted by atomic mass is 79.9. The van der Waals surface area contributed by atoms with Gasteiger partial charge in [-0.05, 0) is 46.3 Å². The van der Waals surface area contributed by atoms with Gasteiger partial charge >= 0.3 is 0 Å². The number of nitrogens with one attached hydrogen (secondary N) is 1. The monoisotopic (exact) mass is 402 g/mol. The SMILES string of the molecule is O=[N+]([O-])c1cc(NCc2cc(Br)ccc2F)ccc1Br. The van der Waals surface area contributed by atoms with Crippen molar-refractivity contribution < 1.29 is 9.31 Å². The maximum atomic E-state index is 13.6. The van der Waals surface area contributed by atoms with Crippen molar-refractivity contribution in [3.8, 4) is 0 Å². The molecule has 7 heteroatoms. The Morgan fingerprint density at radius 2 is 1.95 bits per heavy atom. The van der Waals surface area contributed by atoms with E-state index in [0.717, 1.165) is 4.47 Å². The van der Waals surface area contributed by atoms with Gasteiger partial charge in [0, 0.05) is 28.3 Å². The highest BCUT2D eigenvalue weighted by molar-refractivity contribution is 9.10. The molecule has 0 aromatic heterocycles. The fraction of sp³-hybridized carbons (Fsp3) is 0.0769. The number of nitro benzene ring substituents is 1. The maximum absolute atomic E-state index is 13.6. The molecule has 2 rings (SSSR count). The lowest BCUT2D eigenvalue weighted by atomic mass is 10.2. The van der Waals surface area contributed by atoms with Gasteiger partial charge in [0.15, 0.2) is 0 Å². The van der Waals surface area contributed by atoms with Crippen LogP contribution < -0.4 is 5.32 Å². The number of nitro groups is 1. The fourth-order valence-corrected chi connectivity index (χ4v) is 2.44. The molecular weight excluding hydrogens is 395 g/mol. The first-order valence-electron chi connectivity index (χ1n) is 5.59. The van der Waals surface area contributed by atoms with E-state index < -0.39 is 4.92 Å². The standard InChI is InChI=1S/C13H9Br2FN2O2/c14-9-1-4-12(16)8(5-9)7-17-10-2-3-11(15)13(6-10)18(19)20/h1-6,17H,7H2. The van der Waals surface area contributed by atoms with E-state index in [1.807, 2.05) is 0 Å². The average Bonchev–Trinajstić information content (AvgIpc) is 2.41. The van der Waals surface area contributed by atoms with Crippen molar-refractivity contribution in [1.29, 1.82) is 0 Å². The van der Waals surface area contributed by atoms with E-state index in [2.05, 4.69) is 37.2 Å². The second kappa shape index (κ2) is 6.32. The summed E-state index contributed by atoms with van der Waals surface area (Å²) in [7, 11) is 0. The van der Waals surface area contributed by atoms with Crippen LogP contribution in [0, 0.1) is 15.9 Å². The van der Waals surface area contributed by atoms with Gasteiger partial charge in [0.05, 0.1) is 9.40 Å². The van der Waals surface area contributed by atoms with E-state index in [-0.39, 0.29) is 18.0 Å². The van der Waals surface area contributed by atoms with Gasteiger partial charge in [-0.15, -0.1) is 0 Å². The molecule has 2 aromatic carbocycles. The summed E-state index contributed by atoms with van der Waals surface area (Å²) in [4.78, 5) is 10.4. The normalized spacial score (nSPS) is 10.3. The minimum atomic E-state index is -0.477. The van der Waals surface area contributed by atoms with Crippen LogP contribution in [0.2, 0.25) is 0 Å². The number of anilines is 1. The predicted molar refractivity (Wildman–Crippen MR) is 82.2 cm³/mol. The van der Waals surface area contributed by atoms with Gasteiger partial charge in [-0.3, -0.25) is 10.1 Å². The lowest BCUT2D eigenvalue weighted by Gasteiger charge is -2.08. The molecule has 0 saturated heterocycles. The summed E-state index contributed by atoms with van der Waals surface area (Å²) in [6.45, 7) is 0.240. The van der Waals surface area contributed by atoms with Crippen molar-refractivity contribution in [2.24, 2.45) is 0 Å². The largest absolute Gasteiger partial charge is 0.381 e. The van der Waals surface area contributed by atoms with E-state index in [1.54, 1.807) is 24.3 Å². The van der Waals surface area contributed by atoms with Crippen molar-refractivity contribution in [3.63, 3.8) is 0 Å². The minimum Gasteiger partial charge on any atom is -0.381 e. The van der Waals surface area contributed by atoms with E-state index in [9.17, 15) is 14.5 Å². The Morgan fingerprint density at radius 1 is 1.20 bits per heavy atom. The summed E-state index contributed by atoms with van der Waals surface area (Å²) < 4.78 is 14.7. The molecule has 0 unspecified atom stereocenters. The Balaban J connectivity index is 2.17. The highest BCUT2D eigenvalue weighted by Gasteiger charge is 2.12. The highest BCUT2D eigenvalue weighted by Crippen LogP contribution is 2.28. The molecule has 0 amide bonds. The molecule has 0 spiro atoms. The van der Waals surface area contributed by atoms with Crippen LogP contribution >= 0.6 is 31.9 Å². The first kappa shape index (κ1) is 14.9. The van der Waals surface area contributed by atoms with Gasteiger partial charge in [-0.25, -0.2) is 4.39 Å². The van der Waals surface area contributed by atoms with Crippen LogP contribution in [-0.2, 0) is 6.54 Å². The number of halogens is 3. The molecule has 0 atom stereocenters. The molecule has 0 fully saturated rings. The second-order valence-electron chi connectivity index (χ2n) is 4.01. The zero-order chi connectivity index (χ0) is 14.7. The molecule has 0 radical (unpaired) electrons. The predicted octanol–water partition coefficient (Wildman–Crippen LogP) is 4.87.